The third-order valence-corrected chi connectivity index (χ3v) is 4.59. The summed E-state index contributed by atoms with van der Waals surface area (Å²) < 4.78 is 6.43. The molecule has 1 aliphatic rings. The normalized spacial score (nSPS) is 16.4. The highest BCUT2D eigenvalue weighted by Gasteiger charge is 2.15. The maximum atomic E-state index is 5.37. The topological polar surface area (TPSA) is 38.9 Å². The molecule has 1 fully saturated rings. The van der Waals surface area contributed by atoms with Crippen LogP contribution in [0.4, 0.5) is 0 Å². The molecule has 1 heterocycles. The highest BCUT2D eigenvalue weighted by atomic mass is 79.9. The maximum absolute atomic E-state index is 5.37. The Labute approximate surface area is 127 Å². The molecule has 0 aliphatic heterocycles. The minimum Gasteiger partial charge on any atom is -0.339 e. The van der Waals surface area contributed by atoms with E-state index in [0.29, 0.717) is 5.82 Å². The zero-order valence-corrected chi connectivity index (χ0v) is 13.1. The lowest BCUT2D eigenvalue weighted by atomic mass is 9.86. The van der Waals surface area contributed by atoms with E-state index < -0.39 is 0 Å². The summed E-state index contributed by atoms with van der Waals surface area (Å²) in [5.41, 5.74) is 1.00. The van der Waals surface area contributed by atoms with Crippen molar-refractivity contribution in [2.24, 2.45) is 5.92 Å². The van der Waals surface area contributed by atoms with Crippen molar-refractivity contribution in [3.8, 4) is 11.4 Å². The summed E-state index contributed by atoms with van der Waals surface area (Å²) in [5.74, 6) is 2.32. The van der Waals surface area contributed by atoms with Gasteiger partial charge in [-0.1, -0.05) is 53.2 Å². The van der Waals surface area contributed by atoms with Crippen LogP contribution in [0.1, 0.15) is 44.4 Å². The molecule has 1 saturated carbocycles. The van der Waals surface area contributed by atoms with Gasteiger partial charge in [-0.15, -0.1) is 0 Å². The summed E-state index contributed by atoms with van der Waals surface area (Å²) in [7, 11) is 0. The number of halogens is 1. The van der Waals surface area contributed by atoms with Crippen molar-refractivity contribution in [1.82, 2.24) is 10.1 Å². The molecule has 0 atom stereocenters. The van der Waals surface area contributed by atoms with E-state index in [9.17, 15) is 0 Å². The predicted octanol–water partition coefficient (Wildman–Crippen LogP) is 5.01. The van der Waals surface area contributed by atoms with Crippen LogP contribution in [0.25, 0.3) is 11.4 Å². The van der Waals surface area contributed by atoms with E-state index >= 15 is 0 Å². The van der Waals surface area contributed by atoms with Crippen LogP contribution in [0.15, 0.2) is 33.3 Å². The van der Waals surface area contributed by atoms with Crippen molar-refractivity contribution in [1.29, 1.82) is 0 Å². The summed E-state index contributed by atoms with van der Waals surface area (Å²) in [6, 6.07) is 7.99. The zero-order chi connectivity index (χ0) is 13.8. The quantitative estimate of drug-likeness (QED) is 0.788. The van der Waals surface area contributed by atoms with Crippen molar-refractivity contribution in [3.05, 3.63) is 34.6 Å². The van der Waals surface area contributed by atoms with E-state index in [1.165, 1.54) is 38.5 Å². The van der Waals surface area contributed by atoms with Gasteiger partial charge < -0.3 is 4.52 Å². The average Bonchev–Trinajstić information content (AvgIpc) is 2.96. The van der Waals surface area contributed by atoms with Crippen LogP contribution in [0.5, 0.6) is 0 Å². The molecular weight excluding hydrogens is 316 g/mol. The monoisotopic (exact) mass is 334 g/mol. The first kappa shape index (κ1) is 13.8. The van der Waals surface area contributed by atoms with Gasteiger partial charge in [-0.05, 0) is 36.6 Å². The van der Waals surface area contributed by atoms with Crippen LogP contribution in [-0.2, 0) is 6.42 Å². The van der Waals surface area contributed by atoms with Gasteiger partial charge in [0.05, 0.1) is 0 Å². The number of benzene rings is 1. The molecule has 3 nitrogen and oxygen atoms in total. The van der Waals surface area contributed by atoms with E-state index in [-0.39, 0.29) is 0 Å². The molecule has 0 spiro atoms. The van der Waals surface area contributed by atoms with Gasteiger partial charge in [-0.25, -0.2) is 0 Å². The molecule has 2 aromatic rings. The van der Waals surface area contributed by atoms with Gasteiger partial charge in [0.1, 0.15) is 0 Å². The predicted molar refractivity (Wildman–Crippen MR) is 82.3 cm³/mol. The fourth-order valence-corrected chi connectivity index (χ4v) is 3.14. The lowest BCUT2D eigenvalue weighted by Crippen LogP contribution is -2.07. The van der Waals surface area contributed by atoms with Crippen LogP contribution in [0, 0.1) is 5.92 Å². The number of aryl methyl sites for hydroxylation is 1. The number of rotatable bonds is 4. The van der Waals surface area contributed by atoms with Gasteiger partial charge >= 0.3 is 0 Å². The van der Waals surface area contributed by atoms with Crippen LogP contribution in [0.2, 0.25) is 0 Å². The fraction of sp³-hybridized carbons (Fsp3) is 0.500. The van der Waals surface area contributed by atoms with E-state index in [4.69, 9.17) is 4.52 Å². The lowest BCUT2D eigenvalue weighted by Gasteiger charge is -2.20. The Morgan fingerprint density at radius 1 is 1.10 bits per heavy atom. The fourth-order valence-electron chi connectivity index (χ4n) is 2.88. The lowest BCUT2D eigenvalue weighted by molar-refractivity contribution is 0.315. The third-order valence-electron chi connectivity index (χ3n) is 4.06. The molecule has 1 aromatic heterocycles. The van der Waals surface area contributed by atoms with Crippen molar-refractivity contribution in [2.45, 2.75) is 44.9 Å². The molecule has 1 aliphatic carbocycles. The molecule has 0 unspecified atom stereocenters. The molecule has 0 amide bonds. The van der Waals surface area contributed by atoms with Crippen LogP contribution >= 0.6 is 15.9 Å². The van der Waals surface area contributed by atoms with Crippen molar-refractivity contribution < 1.29 is 4.52 Å². The SMILES string of the molecule is Brc1ccc(-c2noc(CCC3CCCCC3)n2)cc1. The summed E-state index contributed by atoms with van der Waals surface area (Å²) in [4.78, 5) is 4.50. The smallest absolute Gasteiger partial charge is 0.226 e. The number of aromatic nitrogens is 2. The van der Waals surface area contributed by atoms with Gasteiger partial charge in [-0.2, -0.15) is 4.98 Å². The van der Waals surface area contributed by atoms with Crippen molar-refractivity contribution in [3.63, 3.8) is 0 Å². The largest absolute Gasteiger partial charge is 0.339 e. The highest BCUT2D eigenvalue weighted by molar-refractivity contribution is 9.10. The minimum atomic E-state index is 0.691. The van der Waals surface area contributed by atoms with E-state index in [1.807, 2.05) is 24.3 Å². The molecule has 0 bridgehead atoms. The van der Waals surface area contributed by atoms with Gasteiger partial charge in [-0.3, -0.25) is 0 Å². The van der Waals surface area contributed by atoms with Gasteiger partial charge in [0.15, 0.2) is 0 Å². The molecular formula is C16H19BrN2O. The van der Waals surface area contributed by atoms with Gasteiger partial charge in [0.2, 0.25) is 11.7 Å². The Hall–Kier alpha value is -1.16. The Bertz CT molecular complexity index is 544. The summed E-state index contributed by atoms with van der Waals surface area (Å²) in [6.45, 7) is 0. The molecule has 1 aromatic carbocycles. The van der Waals surface area contributed by atoms with Crippen LogP contribution < -0.4 is 0 Å². The molecule has 0 saturated heterocycles. The highest BCUT2D eigenvalue weighted by Crippen LogP contribution is 2.27. The molecule has 3 rings (SSSR count). The van der Waals surface area contributed by atoms with Crippen molar-refractivity contribution in [2.75, 3.05) is 0 Å². The summed E-state index contributed by atoms with van der Waals surface area (Å²) in [5, 5.41) is 4.08. The number of hydrogen-bond donors (Lipinski definition) is 0. The Kier molecular flexibility index (Phi) is 4.51. The first-order valence-electron chi connectivity index (χ1n) is 7.40. The molecule has 106 valence electrons. The first-order chi connectivity index (χ1) is 9.81. The molecule has 0 N–H and O–H groups in total. The standard InChI is InChI=1S/C16H19BrN2O/c17-14-9-7-13(8-10-14)16-18-15(20-19-16)11-6-12-4-2-1-3-5-12/h7-10,12H,1-6,11H2. The maximum Gasteiger partial charge on any atom is 0.226 e. The van der Waals surface area contributed by atoms with E-state index in [1.54, 1.807) is 0 Å². The zero-order valence-electron chi connectivity index (χ0n) is 11.5. The first-order valence-corrected chi connectivity index (χ1v) is 8.19. The van der Waals surface area contributed by atoms with Crippen molar-refractivity contribution >= 4 is 15.9 Å². The summed E-state index contributed by atoms with van der Waals surface area (Å²) >= 11 is 3.43. The Balaban J connectivity index is 1.60. The molecule has 4 heteroatoms. The third kappa shape index (κ3) is 3.48. The second-order valence-corrected chi connectivity index (χ2v) is 6.48. The number of nitrogens with zero attached hydrogens (tertiary/aromatic N) is 2. The molecule has 0 radical (unpaired) electrons. The Morgan fingerprint density at radius 3 is 2.60 bits per heavy atom. The van der Waals surface area contributed by atoms with Gasteiger partial charge in [0, 0.05) is 16.5 Å². The second-order valence-electron chi connectivity index (χ2n) is 5.56. The summed E-state index contributed by atoms with van der Waals surface area (Å²) in [6.07, 6.45) is 9.01. The van der Waals surface area contributed by atoms with Gasteiger partial charge in [0.25, 0.3) is 0 Å². The number of hydrogen-bond acceptors (Lipinski definition) is 3. The molecule has 20 heavy (non-hydrogen) atoms. The minimum absolute atomic E-state index is 0.691. The van der Waals surface area contributed by atoms with E-state index in [0.717, 1.165) is 28.3 Å². The van der Waals surface area contributed by atoms with Crippen LogP contribution in [-0.4, -0.2) is 10.1 Å². The Morgan fingerprint density at radius 2 is 1.85 bits per heavy atom. The average molecular weight is 335 g/mol. The van der Waals surface area contributed by atoms with E-state index in [2.05, 4.69) is 26.1 Å². The van der Waals surface area contributed by atoms with Crippen LogP contribution in [0.3, 0.4) is 0 Å². The second kappa shape index (κ2) is 6.53.